The molecule has 5 rings (SSSR count). The largest absolute Gasteiger partial charge is 0.462 e. The minimum Gasteiger partial charge on any atom is -0.462 e. The number of benzene rings is 1. The van der Waals surface area contributed by atoms with Gasteiger partial charge in [-0.2, -0.15) is 0 Å². The predicted molar refractivity (Wildman–Crippen MR) is 130 cm³/mol. The molecule has 33 heavy (non-hydrogen) atoms. The summed E-state index contributed by atoms with van der Waals surface area (Å²) in [5.41, 5.74) is 9.08. The lowest BCUT2D eigenvalue weighted by atomic mass is 10.2. The first-order valence-electron chi connectivity index (χ1n) is 11.1. The van der Waals surface area contributed by atoms with E-state index in [2.05, 4.69) is 51.5 Å². The van der Waals surface area contributed by atoms with E-state index in [-0.39, 0.29) is 0 Å². The zero-order valence-corrected chi connectivity index (χ0v) is 18.9. The van der Waals surface area contributed by atoms with Crippen LogP contribution in [0.4, 0.5) is 17.2 Å². The van der Waals surface area contributed by atoms with Gasteiger partial charge in [-0.3, -0.25) is 9.20 Å². The smallest absolute Gasteiger partial charge is 0.251 e. The molecule has 0 saturated carbocycles. The van der Waals surface area contributed by atoms with Gasteiger partial charge in [-0.05, 0) is 30.3 Å². The van der Waals surface area contributed by atoms with Crippen LogP contribution < -0.4 is 21.3 Å². The molecule has 0 spiro atoms. The van der Waals surface area contributed by atoms with Gasteiger partial charge in [0, 0.05) is 49.9 Å². The molecule has 1 fully saturated rings. The molecule has 9 nitrogen and oxygen atoms in total. The third-order valence-electron chi connectivity index (χ3n) is 5.18. The summed E-state index contributed by atoms with van der Waals surface area (Å²) >= 11 is 0. The first kappa shape index (κ1) is 22.3. The minimum atomic E-state index is -0.539. The molecule has 3 aromatic heterocycles. The highest BCUT2D eigenvalue weighted by Gasteiger charge is 2.15. The number of rotatable bonds is 5. The Morgan fingerprint density at radius 3 is 2.58 bits per heavy atom. The lowest BCUT2D eigenvalue weighted by molar-refractivity contribution is 0.0999. The lowest BCUT2D eigenvalue weighted by Gasteiger charge is -2.29. The van der Waals surface area contributed by atoms with Gasteiger partial charge in [0.05, 0.1) is 11.8 Å². The number of carbonyl (C=O) groups excluding carboxylic acids is 1. The highest BCUT2D eigenvalue weighted by molar-refractivity contribution is 5.93. The Morgan fingerprint density at radius 2 is 1.91 bits per heavy atom. The Bertz CT molecular complexity index is 1210. The number of amides is 1. The molecule has 1 aliphatic heterocycles. The summed E-state index contributed by atoms with van der Waals surface area (Å²) in [5.74, 6) is 0.578. The van der Waals surface area contributed by atoms with E-state index in [9.17, 15) is 4.79 Å². The van der Waals surface area contributed by atoms with Crippen molar-refractivity contribution in [1.29, 1.82) is 0 Å². The van der Waals surface area contributed by atoms with E-state index in [1.54, 1.807) is 18.5 Å². The zero-order chi connectivity index (χ0) is 23.2. The summed E-state index contributed by atoms with van der Waals surface area (Å²) in [5, 5.41) is 6.70. The number of nitrogens with two attached hydrogens (primary N) is 1. The maximum atomic E-state index is 11.4. The van der Waals surface area contributed by atoms with Crippen LogP contribution >= 0.6 is 0 Å². The monoisotopic (exact) mass is 447 g/mol. The summed E-state index contributed by atoms with van der Waals surface area (Å²) < 4.78 is 7.35. The summed E-state index contributed by atoms with van der Waals surface area (Å²) in [6.45, 7) is 8.28. The van der Waals surface area contributed by atoms with Gasteiger partial charge >= 0.3 is 0 Å². The van der Waals surface area contributed by atoms with Crippen molar-refractivity contribution >= 4 is 28.7 Å². The number of furan rings is 1. The second kappa shape index (κ2) is 10.2. The number of anilines is 3. The van der Waals surface area contributed by atoms with E-state index in [0.29, 0.717) is 28.5 Å². The van der Waals surface area contributed by atoms with Crippen LogP contribution in [-0.2, 0) is 0 Å². The van der Waals surface area contributed by atoms with Crippen molar-refractivity contribution < 1.29 is 9.21 Å². The van der Waals surface area contributed by atoms with E-state index in [1.165, 1.54) is 18.4 Å². The molecule has 0 bridgehead atoms. The Hall–Kier alpha value is -3.85. The number of piperazine rings is 1. The van der Waals surface area contributed by atoms with Crippen LogP contribution in [0.1, 0.15) is 30.6 Å². The Morgan fingerprint density at radius 1 is 1.18 bits per heavy atom. The number of carbonyl (C=O) groups is 1. The van der Waals surface area contributed by atoms with E-state index in [0.717, 1.165) is 31.9 Å². The molecule has 9 heteroatoms. The number of nitrogens with one attached hydrogen (secondary N) is 2. The molecule has 1 amide bonds. The Labute approximate surface area is 192 Å². The molecular formula is C24H29N7O2. The molecule has 4 heterocycles. The van der Waals surface area contributed by atoms with Crippen molar-refractivity contribution in [2.75, 3.05) is 36.4 Å². The van der Waals surface area contributed by atoms with Crippen LogP contribution in [-0.4, -0.2) is 46.5 Å². The van der Waals surface area contributed by atoms with Gasteiger partial charge in [-0.25, -0.2) is 9.97 Å². The second-order valence-corrected chi connectivity index (χ2v) is 7.79. The van der Waals surface area contributed by atoms with Gasteiger partial charge in [0.1, 0.15) is 12.0 Å². The molecule has 4 aromatic rings. The van der Waals surface area contributed by atoms with Crippen LogP contribution in [0.5, 0.6) is 0 Å². The van der Waals surface area contributed by atoms with Crippen LogP contribution in [0.3, 0.4) is 0 Å². The SMILES string of the molecule is CCC.NC(=O)c1coc(-c2cnc(Nc3ccc(N4CCNCC4)cc3)c3nccn23)c1. The van der Waals surface area contributed by atoms with Crippen molar-refractivity contribution in [3.8, 4) is 11.5 Å². The zero-order valence-electron chi connectivity index (χ0n) is 18.9. The Kier molecular flexibility index (Phi) is 6.89. The van der Waals surface area contributed by atoms with Crippen molar-refractivity contribution in [2.24, 2.45) is 5.73 Å². The van der Waals surface area contributed by atoms with Crippen molar-refractivity contribution in [3.05, 3.63) is 60.7 Å². The summed E-state index contributed by atoms with van der Waals surface area (Å²) in [6.07, 6.45) is 7.77. The molecular weight excluding hydrogens is 418 g/mol. The molecule has 0 aliphatic carbocycles. The third kappa shape index (κ3) is 4.98. The number of imidazole rings is 1. The molecule has 1 aliphatic rings. The summed E-state index contributed by atoms with van der Waals surface area (Å²) in [6, 6.07) is 9.90. The lowest BCUT2D eigenvalue weighted by Crippen LogP contribution is -2.43. The van der Waals surface area contributed by atoms with Gasteiger partial charge in [0.25, 0.3) is 5.91 Å². The first-order valence-corrected chi connectivity index (χ1v) is 11.1. The van der Waals surface area contributed by atoms with E-state index < -0.39 is 5.91 Å². The maximum Gasteiger partial charge on any atom is 0.251 e. The van der Waals surface area contributed by atoms with Crippen LogP contribution in [0.25, 0.3) is 17.1 Å². The molecule has 4 N–H and O–H groups in total. The molecule has 1 saturated heterocycles. The maximum absolute atomic E-state index is 11.4. The molecule has 0 atom stereocenters. The quantitative estimate of drug-likeness (QED) is 0.428. The first-order chi connectivity index (χ1) is 16.1. The highest BCUT2D eigenvalue weighted by Crippen LogP contribution is 2.27. The molecule has 0 radical (unpaired) electrons. The predicted octanol–water partition coefficient (Wildman–Crippen LogP) is 3.66. The van der Waals surface area contributed by atoms with Crippen molar-refractivity contribution in [3.63, 3.8) is 0 Å². The average molecular weight is 448 g/mol. The van der Waals surface area contributed by atoms with E-state index >= 15 is 0 Å². The fourth-order valence-corrected chi connectivity index (χ4v) is 3.60. The number of hydrogen-bond donors (Lipinski definition) is 3. The average Bonchev–Trinajstić information content (AvgIpc) is 3.52. The van der Waals surface area contributed by atoms with Gasteiger partial charge in [-0.1, -0.05) is 20.3 Å². The number of nitrogens with zero attached hydrogens (tertiary/aromatic N) is 4. The minimum absolute atomic E-state index is 0.310. The number of aromatic nitrogens is 3. The fourth-order valence-electron chi connectivity index (χ4n) is 3.60. The van der Waals surface area contributed by atoms with Crippen molar-refractivity contribution in [1.82, 2.24) is 19.7 Å². The van der Waals surface area contributed by atoms with Gasteiger partial charge < -0.3 is 25.7 Å². The van der Waals surface area contributed by atoms with Crippen LogP contribution in [0.2, 0.25) is 0 Å². The van der Waals surface area contributed by atoms with Gasteiger partial charge in [-0.15, -0.1) is 0 Å². The normalized spacial score (nSPS) is 13.5. The van der Waals surface area contributed by atoms with E-state index in [4.69, 9.17) is 10.2 Å². The molecule has 0 unspecified atom stereocenters. The van der Waals surface area contributed by atoms with Crippen LogP contribution in [0.15, 0.2) is 59.6 Å². The fraction of sp³-hybridized carbons (Fsp3) is 0.292. The third-order valence-corrected chi connectivity index (χ3v) is 5.18. The standard InChI is InChI=1S/C21H21N7O2.C3H8/c22-19(29)14-11-18(30-13-14)17-12-25-20(21-24-7-10-28(17)21)26-15-1-3-16(4-2-15)27-8-5-23-6-9-27;1-3-2/h1-4,7,10-13,23H,5-6,8-9H2,(H2,22,29)(H,25,26);3H2,1-2H3. The number of fused-ring (bicyclic) bond motifs is 1. The van der Waals surface area contributed by atoms with Gasteiger partial charge in [0.15, 0.2) is 17.2 Å². The van der Waals surface area contributed by atoms with Crippen LogP contribution in [0, 0.1) is 0 Å². The van der Waals surface area contributed by atoms with Crippen molar-refractivity contribution in [2.45, 2.75) is 20.3 Å². The highest BCUT2D eigenvalue weighted by atomic mass is 16.3. The summed E-state index contributed by atoms with van der Waals surface area (Å²) in [7, 11) is 0. The van der Waals surface area contributed by atoms with Gasteiger partial charge in [0.2, 0.25) is 0 Å². The second-order valence-electron chi connectivity index (χ2n) is 7.79. The number of primary amides is 1. The Balaban J connectivity index is 0.000000821. The topological polar surface area (TPSA) is 114 Å². The molecule has 1 aromatic carbocycles. The molecule has 172 valence electrons. The summed E-state index contributed by atoms with van der Waals surface area (Å²) in [4.78, 5) is 22.7. The number of hydrogen-bond acceptors (Lipinski definition) is 7. The van der Waals surface area contributed by atoms with E-state index in [1.807, 2.05) is 22.7 Å².